The van der Waals surface area contributed by atoms with Crippen LogP contribution in [0.25, 0.3) is 16.7 Å². The van der Waals surface area contributed by atoms with Crippen LogP contribution in [0.4, 0.5) is 0 Å². The van der Waals surface area contributed by atoms with Crippen LogP contribution >= 0.6 is 11.3 Å². The Hall–Kier alpha value is -3.73. The largest absolute Gasteiger partial charge is 0.385 e. The van der Waals surface area contributed by atoms with E-state index in [1.54, 1.807) is 36.7 Å². The Kier molecular flexibility index (Phi) is 6.38. The van der Waals surface area contributed by atoms with E-state index in [0.717, 1.165) is 21.0 Å². The van der Waals surface area contributed by atoms with E-state index in [1.807, 2.05) is 50.2 Å². The number of rotatable bonds is 4. The molecule has 0 bridgehead atoms. The zero-order chi connectivity index (χ0) is 24.5. The fraction of sp³-hybridized carbons (Fsp3) is 0.222. The summed E-state index contributed by atoms with van der Waals surface area (Å²) >= 11 is 1.46. The number of aliphatic hydroxyl groups is 1. The Morgan fingerprint density at radius 1 is 1.15 bits per heavy atom. The van der Waals surface area contributed by atoms with Crippen molar-refractivity contribution in [2.75, 3.05) is 0 Å². The van der Waals surface area contributed by atoms with Gasteiger partial charge >= 0.3 is 0 Å². The summed E-state index contributed by atoms with van der Waals surface area (Å²) in [7, 11) is 0. The van der Waals surface area contributed by atoms with Crippen molar-refractivity contribution >= 4 is 28.3 Å². The molecule has 0 aliphatic carbocycles. The molecule has 0 spiro atoms. The van der Waals surface area contributed by atoms with Crippen molar-refractivity contribution < 1.29 is 9.90 Å². The molecule has 0 saturated heterocycles. The highest BCUT2D eigenvalue weighted by Gasteiger charge is 2.18. The number of carbonyl (C=O) groups excluding carboxylic acids is 1. The van der Waals surface area contributed by atoms with Crippen molar-refractivity contribution in [3.63, 3.8) is 0 Å². The second-order valence-electron chi connectivity index (χ2n) is 8.77. The highest BCUT2D eigenvalue weighted by molar-refractivity contribution is 7.12. The SMILES string of the molecule is CC(C)NC(=O)c1cn(-c2cccc(C#Cc3ccc(C(C)(C)O)s3)c2)c2ncccc2c1=O. The minimum Gasteiger partial charge on any atom is -0.385 e. The molecule has 0 atom stereocenters. The fourth-order valence-corrected chi connectivity index (χ4v) is 4.32. The molecule has 0 aliphatic rings. The summed E-state index contributed by atoms with van der Waals surface area (Å²) in [6.07, 6.45) is 3.16. The molecular formula is C27H25N3O3S. The molecule has 172 valence electrons. The van der Waals surface area contributed by atoms with Crippen LogP contribution in [-0.2, 0) is 5.60 Å². The second kappa shape index (κ2) is 9.26. The number of aromatic nitrogens is 2. The van der Waals surface area contributed by atoms with Gasteiger partial charge in [-0.15, -0.1) is 11.3 Å². The molecule has 0 radical (unpaired) electrons. The first-order valence-electron chi connectivity index (χ1n) is 10.9. The topological polar surface area (TPSA) is 84.2 Å². The maximum Gasteiger partial charge on any atom is 0.256 e. The average Bonchev–Trinajstić information content (AvgIpc) is 3.28. The van der Waals surface area contributed by atoms with E-state index < -0.39 is 11.5 Å². The number of nitrogens with one attached hydrogen (secondary N) is 1. The van der Waals surface area contributed by atoms with Crippen molar-refractivity contribution in [1.29, 1.82) is 0 Å². The molecule has 7 heteroatoms. The van der Waals surface area contributed by atoms with Gasteiger partial charge in [0, 0.05) is 34.6 Å². The van der Waals surface area contributed by atoms with Crippen LogP contribution in [0.5, 0.6) is 0 Å². The van der Waals surface area contributed by atoms with E-state index in [-0.39, 0.29) is 17.0 Å². The zero-order valence-electron chi connectivity index (χ0n) is 19.4. The Bertz CT molecular complexity index is 1500. The Morgan fingerprint density at radius 3 is 2.65 bits per heavy atom. The summed E-state index contributed by atoms with van der Waals surface area (Å²) in [6, 6.07) is 14.6. The highest BCUT2D eigenvalue weighted by Crippen LogP contribution is 2.27. The van der Waals surface area contributed by atoms with Gasteiger partial charge in [0.05, 0.1) is 15.9 Å². The molecule has 0 saturated carbocycles. The molecule has 4 rings (SSSR count). The number of nitrogens with zero attached hydrogens (tertiary/aromatic N) is 2. The van der Waals surface area contributed by atoms with Crippen LogP contribution in [0, 0.1) is 11.8 Å². The molecule has 4 aromatic rings. The zero-order valence-corrected chi connectivity index (χ0v) is 20.2. The quantitative estimate of drug-likeness (QED) is 0.437. The van der Waals surface area contributed by atoms with Gasteiger partial charge in [-0.2, -0.15) is 0 Å². The standard InChI is InChI=1S/C27H25N3O3S/c1-17(2)29-26(32)22-16-30(25-21(24(22)31)9-6-14-28-25)19-8-5-7-18(15-19)10-11-20-12-13-23(34-20)27(3,4)33/h5-9,12-17,33H,1-4H3,(H,29,32). The Balaban J connectivity index is 1.78. The first-order valence-corrected chi connectivity index (χ1v) is 11.7. The average molecular weight is 472 g/mol. The molecule has 34 heavy (non-hydrogen) atoms. The third kappa shape index (κ3) is 4.93. The predicted octanol–water partition coefficient (Wildman–Crippen LogP) is 4.21. The molecule has 2 N–H and O–H groups in total. The van der Waals surface area contributed by atoms with Gasteiger partial charge in [0.15, 0.2) is 0 Å². The van der Waals surface area contributed by atoms with Crippen LogP contribution in [0.1, 0.15) is 53.4 Å². The lowest BCUT2D eigenvalue weighted by Gasteiger charge is -2.14. The van der Waals surface area contributed by atoms with E-state index >= 15 is 0 Å². The normalized spacial score (nSPS) is 11.4. The minimum atomic E-state index is -0.900. The van der Waals surface area contributed by atoms with Crippen molar-refractivity contribution in [3.8, 4) is 17.5 Å². The lowest BCUT2D eigenvalue weighted by molar-refractivity contribution is 0.0825. The monoisotopic (exact) mass is 471 g/mol. The van der Waals surface area contributed by atoms with Gasteiger partial charge in [-0.3, -0.25) is 9.59 Å². The molecule has 1 aromatic carbocycles. The first-order chi connectivity index (χ1) is 16.1. The second-order valence-corrected chi connectivity index (χ2v) is 9.85. The summed E-state index contributed by atoms with van der Waals surface area (Å²) in [5.74, 6) is 5.89. The predicted molar refractivity (Wildman–Crippen MR) is 135 cm³/mol. The number of fused-ring (bicyclic) bond motifs is 1. The molecular weight excluding hydrogens is 446 g/mol. The van der Waals surface area contributed by atoms with E-state index in [9.17, 15) is 14.7 Å². The van der Waals surface area contributed by atoms with Crippen molar-refractivity contribution in [2.45, 2.75) is 39.3 Å². The lowest BCUT2D eigenvalue weighted by Crippen LogP contribution is -2.34. The van der Waals surface area contributed by atoms with Gasteiger partial charge in [0.25, 0.3) is 5.91 Å². The van der Waals surface area contributed by atoms with Gasteiger partial charge in [-0.1, -0.05) is 17.9 Å². The van der Waals surface area contributed by atoms with Crippen LogP contribution in [0.2, 0.25) is 0 Å². The number of benzene rings is 1. The number of hydrogen-bond donors (Lipinski definition) is 2. The molecule has 1 amide bonds. The van der Waals surface area contributed by atoms with Crippen LogP contribution in [0.15, 0.2) is 65.7 Å². The first kappa shape index (κ1) is 23.4. The molecule has 3 aromatic heterocycles. The van der Waals surface area contributed by atoms with Gasteiger partial charge in [-0.05, 0) is 70.2 Å². The summed E-state index contributed by atoms with van der Waals surface area (Å²) in [5.41, 5.74) is 0.774. The molecule has 0 fully saturated rings. The van der Waals surface area contributed by atoms with Crippen molar-refractivity contribution in [3.05, 3.63) is 92.0 Å². The number of amides is 1. The Labute approximate surface area is 201 Å². The molecule has 3 heterocycles. The summed E-state index contributed by atoms with van der Waals surface area (Å²) in [5, 5.41) is 13.3. The smallest absolute Gasteiger partial charge is 0.256 e. The number of thiophene rings is 1. The number of pyridine rings is 2. The highest BCUT2D eigenvalue weighted by atomic mass is 32.1. The molecule has 0 unspecified atom stereocenters. The van der Waals surface area contributed by atoms with Gasteiger partial charge < -0.3 is 15.0 Å². The summed E-state index contributed by atoms with van der Waals surface area (Å²) in [4.78, 5) is 31.8. The number of carbonyl (C=O) groups is 1. The third-order valence-electron chi connectivity index (χ3n) is 5.09. The third-order valence-corrected chi connectivity index (χ3v) is 6.40. The minimum absolute atomic E-state index is 0.0587. The molecule has 6 nitrogen and oxygen atoms in total. The van der Waals surface area contributed by atoms with Gasteiger partial charge in [0.2, 0.25) is 5.43 Å². The maximum absolute atomic E-state index is 13.0. The molecule has 0 aliphatic heterocycles. The Morgan fingerprint density at radius 2 is 1.94 bits per heavy atom. The van der Waals surface area contributed by atoms with Gasteiger partial charge in [0.1, 0.15) is 11.2 Å². The van der Waals surface area contributed by atoms with E-state index in [1.165, 1.54) is 17.5 Å². The van der Waals surface area contributed by atoms with Crippen molar-refractivity contribution in [1.82, 2.24) is 14.9 Å². The van der Waals surface area contributed by atoms with Gasteiger partial charge in [-0.25, -0.2) is 4.98 Å². The van der Waals surface area contributed by atoms with Crippen LogP contribution < -0.4 is 10.7 Å². The van der Waals surface area contributed by atoms with E-state index in [4.69, 9.17) is 0 Å². The van der Waals surface area contributed by atoms with E-state index in [0.29, 0.717) is 11.0 Å². The fourth-order valence-electron chi connectivity index (χ4n) is 3.46. The van der Waals surface area contributed by atoms with E-state index in [2.05, 4.69) is 22.1 Å². The van der Waals surface area contributed by atoms with Crippen LogP contribution in [0.3, 0.4) is 0 Å². The maximum atomic E-state index is 13.0. The van der Waals surface area contributed by atoms with Crippen molar-refractivity contribution in [2.24, 2.45) is 0 Å². The summed E-state index contributed by atoms with van der Waals surface area (Å²) in [6.45, 7) is 7.19. The lowest BCUT2D eigenvalue weighted by atomic mass is 10.1. The number of hydrogen-bond acceptors (Lipinski definition) is 5. The van der Waals surface area contributed by atoms with Crippen LogP contribution in [-0.4, -0.2) is 26.6 Å². The summed E-state index contributed by atoms with van der Waals surface area (Å²) < 4.78 is 1.74.